The zero-order valence-corrected chi connectivity index (χ0v) is 8.97. The minimum absolute atomic E-state index is 0.169. The molecule has 6 nitrogen and oxygen atoms in total. The first-order valence-electron chi connectivity index (χ1n) is 4.98. The van der Waals surface area contributed by atoms with Crippen LogP contribution in [-0.2, 0) is 13.5 Å². The smallest absolute Gasteiger partial charge is 0.251 e. The lowest BCUT2D eigenvalue weighted by Crippen LogP contribution is -2.13. The van der Waals surface area contributed by atoms with Gasteiger partial charge >= 0.3 is 0 Å². The molecular weight excluding hydrogens is 206 g/mol. The van der Waals surface area contributed by atoms with Crippen LogP contribution in [0.3, 0.4) is 0 Å². The van der Waals surface area contributed by atoms with Crippen LogP contribution in [0.4, 0.5) is 0 Å². The minimum atomic E-state index is -0.169. The SMILES string of the molecule is Cn1cc(-c2nc(CCN)cc(=O)[nH]2)cn1. The largest absolute Gasteiger partial charge is 0.330 e. The normalized spacial score (nSPS) is 10.6. The Hall–Kier alpha value is -1.95. The summed E-state index contributed by atoms with van der Waals surface area (Å²) < 4.78 is 1.66. The van der Waals surface area contributed by atoms with Gasteiger partial charge in [0.15, 0.2) is 0 Å². The number of hydrogen-bond acceptors (Lipinski definition) is 4. The molecule has 16 heavy (non-hydrogen) atoms. The summed E-state index contributed by atoms with van der Waals surface area (Å²) in [5.74, 6) is 0.532. The molecule has 3 N–H and O–H groups in total. The van der Waals surface area contributed by atoms with Crippen LogP contribution in [0.15, 0.2) is 23.3 Å². The van der Waals surface area contributed by atoms with Gasteiger partial charge in [-0.1, -0.05) is 0 Å². The number of nitrogens with zero attached hydrogens (tertiary/aromatic N) is 3. The first-order valence-corrected chi connectivity index (χ1v) is 4.98. The molecule has 0 amide bonds. The van der Waals surface area contributed by atoms with Gasteiger partial charge in [-0.15, -0.1) is 0 Å². The maximum Gasteiger partial charge on any atom is 0.251 e. The lowest BCUT2D eigenvalue weighted by atomic mass is 10.2. The van der Waals surface area contributed by atoms with E-state index in [1.165, 1.54) is 6.07 Å². The van der Waals surface area contributed by atoms with Crippen LogP contribution in [0, 0.1) is 0 Å². The topological polar surface area (TPSA) is 89.6 Å². The Bertz CT molecular complexity index is 542. The molecular formula is C10H13N5O. The molecule has 0 radical (unpaired) electrons. The Morgan fingerprint density at radius 1 is 1.56 bits per heavy atom. The predicted molar refractivity (Wildman–Crippen MR) is 59.8 cm³/mol. The van der Waals surface area contributed by atoms with Crippen molar-refractivity contribution in [1.29, 1.82) is 0 Å². The van der Waals surface area contributed by atoms with Gasteiger partial charge < -0.3 is 10.7 Å². The van der Waals surface area contributed by atoms with Crippen molar-refractivity contribution in [2.24, 2.45) is 12.8 Å². The van der Waals surface area contributed by atoms with Crippen LogP contribution in [0.1, 0.15) is 5.69 Å². The van der Waals surface area contributed by atoms with E-state index >= 15 is 0 Å². The lowest BCUT2D eigenvalue weighted by molar-refractivity contribution is 0.768. The van der Waals surface area contributed by atoms with E-state index in [2.05, 4.69) is 15.1 Å². The number of aromatic nitrogens is 4. The Labute approximate surface area is 92.1 Å². The van der Waals surface area contributed by atoms with Crippen LogP contribution >= 0.6 is 0 Å². The molecule has 2 aromatic rings. The summed E-state index contributed by atoms with van der Waals surface area (Å²) in [6.45, 7) is 0.475. The Morgan fingerprint density at radius 3 is 3.00 bits per heavy atom. The zero-order chi connectivity index (χ0) is 11.5. The van der Waals surface area contributed by atoms with Gasteiger partial charge in [0.1, 0.15) is 5.82 Å². The average Bonchev–Trinajstić information content (AvgIpc) is 2.64. The van der Waals surface area contributed by atoms with Crippen LogP contribution in [0.25, 0.3) is 11.4 Å². The zero-order valence-electron chi connectivity index (χ0n) is 8.97. The molecule has 2 heterocycles. The lowest BCUT2D eigenvalue weighted by Gasteiger charge is -2.00. The van der Waals surface area contributed by atoms with Gasteiger partial charge in [0.05, 0.1) is 11.8 Å². The van der Waals surface area contributed by atoms with Gasteiger partial charge in [0.2, 0.25) is 0 Å². The van der Waals surface area contributed by atoms with E-state index in [1.54, 1.807) is 17.1 Å². The summed E-state index contributed by atoms with van der Waals surface area (Å²) >= 11 is 0. The summed E-state index contributed by atoms with van der Waals surface area (Å²) in [6, 6.07) is 1.47. The van der Waals surface area contributed by atoms with Crippen molar-refractivity contribution in [2.75, 3.05) is 6.54 Å². The van der Waals surface area contributed by atoms with Crippen molar-refractivity contribution < 1.29 is 0 Å². The number of rotatable bonds is 3. The second-order valence-corrected chi connectivity index (χ2v) is 3.53. The molecule has 0 saturated carbocycles. The number of aromatic amines is 1. The standard InChI is InChI=1S/C10H13N5O/c1-15-6-7(5-12-15)10-13-8(2-3-11)4-9(16)14-10/h4-6H,2-3,11H2,1H3,(H,13,14,16). The highest BCUT2D eigenvalue weighted by Crippen LogP contribution is 2.11. The summed E-state index contributed by atoms with van der Waals surface area (Å²) in [6.07, 6.45) is 4.05. The molecule has 2 aromatic heterocycles. The van der Waals surface area contributed by atoms with Gasteiger partial charge in [0, 0.05) is 31.4 Å². The average molecular weight is 219 g/mol. The van der Waals surface area contributed by atoms with Crippen LogP contribution in [0.2, 0.25) is 0 Å². The number of nitrogens with one attached hydrogen (secondary N) is 1. The van der Waals surface area contributed by atoms with E-state index in [1.807, 2.05) is 7.05 Å². The molecule has 0 atom stereocenters. The molecule has 0 aliphatic rings. The molecule has 6 heteroatoms. The Kier molecular flexibility index (Phi) is 2.82. The Morgan fingerprint density at radius 2 is 2.38 bits per heavy atom. The molecule has 0 spiro atoms. The van der Waals surface area contributed by atoms with Crippen molar-refractivity contribution in [1.82, 2.24) is 19.7 Å². The van der Waals surface area contributed by atoms with Gasteiger partial charge in [-0.05, 0) is 6.54 Å². The third-order valence-electron chi connectivity index (χ3n) is 2.17. The van der Waals surface area contributed by atoms with Crippen LogP contribution in [-0.4, -0.2) is 26.3 Å². The molecule has 2 rings (SSSR count). The molecule has 0 aromatic carbocycles. The molecule has 0 aliphatic heterocycles. The molecule has 0 fully saturated rings. The first kappa shape index (κ1) is 10.6. The second kappa shape index (κ2) is 4.28. The number of H-pyrrole nitrogens is 1. The maximum absolute atomic E-state index is 11.4. The highest BCUT2D eigenvalue weighted by atomic mass is 16.1. The van der Waals surface area contributed by atoms with E-state index < -0.39 is 0 Å². The van der Waals surface area contributed by atoms with E-state index in [-0.39, 0.29) is 5.56 Å². The van der Waals surface area contributed by atoms with Gasteiger partial charge in [-0.2, -0.15) is 5.10 Å². The van der Waals surface area contributed by atoms with E-state index in [4.69, 9.17) is 5.73 Å². The van der Waals surface area contributed by atoms with Crippen molar-refractivity contribution in [3.63, 3.8) is 0 Å². The summed E-state index contributed by atoms with van der Waals surface area (Å²) in [7, 11) is 1.81. The maximum atomic E-state index is 11.4. The first-order chi connectivity index (χ1) is 7.69. The fraction of sp³-hybridized carbons (Fsp3) is 0.300. The predicted octanol–water partition coefficient (Wildman–Crippen LogP) is -0.328. The van der Waals surface area contributed by atoms with Crippen LogP contribution in [0.5, 0.6) is 0 Å². The summed E-state index contributed by atoms with van der Waals surface area (Å²) in [5.41, 5.74) is 6.76. The van der Waals surface area contributed by atoms with Gasteiger partial charge in [-0.25, -0.2) is 4.98 Å². The monoisotopic (exact) mass is 219 g/mol. The van der Waals surface area contributed by atoms with Crippen molar-refractivity contribution in [3.05, 3.63) is 34.5 Å². The fourth-order valence-corrected chi connectivity index (χ4v) is 1.46. The summed E-state index contributed by atoms with van der Waals surface area (Å²) in [5, 5.41) is 4.03. The van der Waals surface area contributed by atoms with Crippen LogP contribution < -0.4 is 11.3 Å². The minimum Gasteiger partial charge on any atom is -0.330 e. The highest BCUT2D eigenvalue weighted by Gasteiger charge is 2.05. The molecule has 0 aliphatic carbocycles. The van der Waals surface area contributed by atoms with Crippen molar-refractivity contribution in [2.45, 2.75) is 6.42 Å². The number of hydrogen-bond donors (Lipinski definition) is 2. The number of nitrogens with two attached hydrogens (primary N) is 1. The Balaban J connectivity index is 2.44. The third kappa shape index (κ3) is 2.17. The molecule has 84 valence electrons. The molecule has 0 unspecified atom stereocenters. The third-order valence-corrected chi connectivity index (χ3v) is 2.17. The van der Waals surface area contributed by atoms with Gasteiger partial charge in [0.25, 0.3) is 5.56 Å². The second-order valence-electron chi connectivity index (χ2n) is 3.53. The van der Waals surface area contributed by atoms with Crippen molar-refractivity contribution in [3.8, 4) is 11.4 Å². The van der Waals surface area contributed by atoms with E-state index in [0.717, 1.165) is 5.56 Å². The fourth-order valence-electron chi connectivity index (χ4n) is 1.46. The number of aryl methyl sites for hydroxylation is 1. The van der Waals surface area contributed by atoms with Gasteiger partial charge in [-0.3, -0.25) is 9.48 Å². The quantitative estimate of drug-likeness (QED) is 0.739. The molecule has 0 saturated heterocycles. The summed E-state index contributed by atoms with van der Waals surface area (Å²) in [4.78, 5) is 18.4. The highest BCUT2D eigenvalue weighted by molar-refractivity contribution is 5.51. The van der Waals surface area contributed by atoms with E-state index in [0.29, 0.717) is 24.5 Å². The van der Waals surface area contributed by atoms with Crippen molar-refractivity contribution >= 4 is 0 Å². The molecule has 0 bridgehead atoms. The van der Waals surface area contributed by atoms with E-state index in [9.17, 15) is 4.79 Å².